The van der Waals surface area contributed by atoms with E-state index < -0.39 is 21.7 Å². The fourth-order valence-electron chi connectivity index (χ4n) is 4.36. The Bertz CT molecular complexity index is 1400. The van der Waals surface area contributed by atoms with Crippen LogP contribution in [-0.4, -0.2) is 57.3 Å². The first kappa shape index (κ1) is 25.1. The number of hydrogen-bond acceptors (Lipinski definition) is 6. The van der Waals surface area contributed by atoms with Gasteiger partial charge in [-0.2, -0.15) is 0 Å². The summed E-state index contributed by atoms with van der Waals surface area (Å²) >= 11 is 6.48. The maximum Gasteiger partial charge on any atom is 0.166 e. The van der Waals surface area contributed by atoms with Crippen molar-refractivity contribution in [2.75, 3.05) is 19.9 Å². The molecule has 2 aromatic carbocycles. The third-order valence-corrected chi connectivity index (χ3v) is 8.29. The number of benzene rings is 2. The van der Waals surface area contributed by atoms with Crippen molar-refractivity contribution in [3.63, 3.8) is 0 Å². The van der Waals surface area contributed by atoms with Crippen molar-refractivity contribution in [3.8, 4) is 5.75 Å². The first-order valence-electron chi connectivity index (χ1n) is 11.1. The summed E-state index contributed by atoms with van der Waals surface area (Å²) in [6.45, 7) is 3.53. The van der Waals surface area contributed by atoms with Gasteiger partial charge in [0.2, 0.25) is 0 Å². The Balaban J connectivity index is 2.00. The third kappa shape index (κ3) is 4.77. The average molecular weight is 517 g/mol. The molecule has 0 saturated carbocycles. The predicted octanol–water partition coefficient (Wildman–Crippen LogP) is 4.44. The molecule has 2 heterocycles. The lowest BCUT2D eigenvalue weighted by Crippen LogP contribution is -2.31. The first-order valence-corrected chi connectivity index (χ1v) is 13.3. The second-order valence-electron chi connectivity index (χ2n) is 8.63. The molecule has 2 aromatic rings. The molecule has 0 saturated heterocycles. The molecule has 0 bridgehead atoms. The number of rotatable bonds is 6. The molecule has 1 unspecified atom stereocenters. The molecule has 184 valence electrons. The minimum atomic E-state index is -3.26. The van der Waals surface area contributed by atoms with Crippen LogP contribution in [0, 0.1) is 5.82 Å². The summed E-state index contributed by atoms with van der Waals surface area (Å²) in [5.41, 5.74) is 4.83. The van der Waals surface area contributed by atoms with Crippen molar-refractivity contribution in [3.05, 3.63) is 81.3 Å². The summed E-state index contributed by atoms with van der Waals surface area (Å²) < 4.78 is 44.2. The highest BCUT2D eigenvalue weighted by Crippen LogP contribution is 2.39. The number of nitrogens with zero attached hydrogens (tertiary/aromatic N) is 2. The van der Waals surface area contributed by atoms with Crippen LogP contribution < -0.4 is 4.74 Å². The Kier molecular flexibility index (Phi) is 6.88. The number of halogens is 2. The van der Waals surface area contributed by atoms with Gasteiger partial charge in [-0.05, 0) is 47.9 Å². The van der Waals surface area contributed by atoms with Crippen molar-refractivity contribution < 1.29 is 22.3 Å². The van der Waals surface area contributed by atoms with E-state index in [1.54, 1.807) is 17.9 Å². The normalized spacial score (nSPS) is 19.6. The second kappa shape index (κ2) is 9.59. The molecule has 0 aromatic heterocycles. The Morgan fingerprint density at radius 3 is 2.60 bits per heavy atom. The molecular formula is C26H26ClFN2O4S. The molecular weight excluding hydrogens is 491 g/mol. The van der Waals surface area contributed by atoms with E-state index in [0.29, 0.717) is 16.8 Å². The summed E-state index contributed by atoms with van der Waals surface area (Å²) in [7, 11) is -0.0728. The molecule has 2 aliphatic heterocycles. The predicted molar refractivity (Wildman–Crippen MR) is 136 cm³/mol. The maximum absolute atomic E-state index is 14.3. The Morgan fingerprint density at radius 2 is 1.94 bits per heavy atom. The van der Waals surface area contributed by atoms with E-state index in [0.717, 1.165) is 28.6 Å². The van der Waals surface area contributed by atoms with Crippen LogP contribution in [-0.2, 0) is 20.4 Å². The van der Waals surface area contributed by atoms with E-state index >= 15 is 0 Å². The number of methoxy groups -OCH3 is 1. The highest BCUT2D eigenvalue weighted by atomic mass is 35.5. The minimum absolute atomic E-state index is 0.0350. The fraction of sp³-hybridized carbons (Fsp3) is 0.308. The molecule has 9 heteroatoms. The van der Waals surface area contributed by atoms with Crippen LogP contribution in [0.2, 0.25) is 5.02 Å². The Morgan fingerprint density at radius 1 is 1.20 bits per heavy atom. The molecule has 35 heavy (non-hydrogen) atoms. The number of likely N-dealkylation sites (N-methyl/N-ethyl adjacent to an activating group) is 1. The summed E-state index contributed by atoms with van der Waals surface area (Å²) in [6.07, 6.45) is 4.61. The zero-order chi connectivity index (χ0) is 25.5. The lowest BCUT2D eigenvalue weighted by Gasteiger charge is -2.29. The number of sulfone groups is 1. The Hall–Kier alpha value is -2.97. The molecule has 0 spiro atoms. The van der Waals surface area contributed by atoms with Gasteiger partial charge in [0.25, 0.3) is 0 Å². The van der Waals surface area contributed by atoms with Gasteiger partial charge in [-0.15, -0.1) is 0 Å². The maximum atomic E-state index is 14.3. The van der Waals surface area contributed by atoms with Crippen LogP contribution >= 0.6 is 11.6 Å². The van der Waals surface area contributed by atoms with Crippen LogP contribution in [0.4, 0.5) is 4.39 Å². The number of ether oxygens (including phenoxy) is 1. The van der Waals surface area contributed by atoms with E-state index in [9.17, 15) is 17.6 Å². The fourth-order valence-corrected chi connectivity index (χ4v) is 5.49. The van der Waals surface area contributed by atoms with Crippen molar-refractivity contribution in [2.24, 2.45) is 4.99 Å². The molecule has 0 N–H and O–H groups in total. The van der Waals surface area contributed by atoms with Crippen molar-refractivity contribution in [1.29, 1.82) is 0 Å². The number of carbonyl (C=O) groups is 1. The van der Waals surface area contributed by atoms with E-state index in [2.05, 4.69) is 0 Å². The van der Waals surface area contributed by atoms with E-state index in [1.807, 2.05) is 38.4 Å². The van der Waals surface area contributed by atoms with Crippen LogP contribution in [0.1, 0.15) is 36.1 Å². The quantitative estimate of drug-likeness (QED) is 0.530. The molecule has 4 rings (SSSR count). The van der Waals surface area contributed by atoms with Crippen molar-refractivity contribution in [2.45, 2.75) is 31.7 Å². The van der Waals surface area contributed by atoms with Gasteiger partial charge in [0.15, 0.2) is 21.4 Å². The van der Waals surface area contributed by atoms with Gasteiger partial charge in [0, 0.05) is 35.7 Å². The number of hydrogen-bond donors (Lipinski definition) is 0. The average Bonchev–Trinajstić information content (AvgIpc) is 2.93. The summed E-state index contributed by atoms with van der Waals surface area (Å²) in [5.74, 6) is -0.606. The van der Waals surface area contributed by atoms with Crippen molar-refractivity contribution in [1.82, 2.24) is 4.90 Å². The van der Waals surface area contributed by atoms with Gasteiger partial charge in [0.05, 0.1) is 29.6 Å². The van der Waals surface area contributed by atoms with Crippen LogP contribution in [0.5, 0.6) is 5.75 Å². The van der Waals surface area contributed by atoms with Gasteiger partial charge >= 0.3 is 0 Å². The van der Waals surface area contributed by atoms with Gasteiger partial charge < -0.3 is 14.4 Å². The molecule has 0 fully saturated rings. The molecule has 0 radical (unpaired) electrons. The Labute approximate surface area is 209 Å². The summed E-state index contributed by atoms with van der Waals surface area (Å²) in [6, 6.07) is 7.33. The lowest BCUT2D eigenvalue weighted by atomic mass is 9.87. The first-order chi connectivity index (χ1) is 16.6. The van der Waals surface area contributed by atoms with E-state index in [4.69, 9.17) is 21.3 Å². The zero-order valence-corrected chi connectivity index (χ0v) is 21.5. The number of fused-ring (bicyclic) bond motifs is 3. The standard InChI is InChI=1S/C26H26ClFN2O4S/c1-5-35(32,33)14-16-6-7-18-20(8-16)22-12-30(3)17(13-31)9-19(22)15(2)29-26(18)21-10-25(34-4)24(28)11-23(21)27/h6-13,15,17H,5,14H2,1-4H3/t15-,17?/m0/s1. The third-order valence-electron chi connectivity index (χ3n) is 6.33. The van der Waals surface area contributed by atoms with Crippen LogP contribution in [0.15, 0.2) is 53.2 Å². The minimum Gasteiger partial charge on any atom is -0.494 e. The zero-order valence-electron chi connectivity index (χ0n) is 19.9. The highest BCUT2D eigenvalue weighted by Gasteiger charge is 2.31. The van der Waals surface area contributed by atoms with Crippen LogP contribution in [0.3, 0.4) is 0 Å². The molecule has 0 amide bonds. The molecule has 6 nitrogen and oxygen atoms in total. The van der Waals surface area contributed by atoms with Crippen LogP contribution in [0.25, 0.3) is 5.57 Å². The lowest BCUT2D eigenvalue weighted by molar-refractivity contribution is -0.110. The SMILES string of the molecule is CCS(=O)(=O)Cc1ccc2c(c1)C1=CN(C)C(C=O)C=C1[C@H](C)N=C2c1cc(OC)c(F)cc1Cl. The number of aliphatic imine (C=N–C) groups is 1. The topological polar surface area (TPSA) is 76.0 Å². The van der Waals surface area contributed by atoms with Gasteiger partial charge in [0.1, 0.15) is 12.3 Å². The summed E-state index contributed by atoms with van der Waals surface area (Å²) in [5, 5.41) is 0.175. The summed E-state index contributed by atoms with van der Waals surface area (Å²) in [4.78, 5) is 18.4. The van der Waals surface area contributed by atoms with Crippen molar-refractivity contribution >= 4 is 39.0 Å². The smallest absolute Gasteiger partial charge is 0.166 e. The number of aldehydes is 1. The molecule has 0 aliphatic carbocycles. The highest BCUT2D eigenvalue weighted by molar-refractivity contribution is 7.90. The van der Waals surface area contributed by atoms with Gasteiger partial charge in [-0.25, -0.2) is 12.8 Å². The van der Waals surface area contributed by atoms with Gasteiger partial charge in [-0.3, -0.25) is 4.99 Å². The molecule has 2 atom stereocenters. The van der Waals surface area contributed by atoms with Gasteiger partial charge in [-0.1, -0.05) is 30.7 Å². The second-order valence-corrected chi connectivity index (χ2v) is 11.4. The van der Waals surface area contributed by atoms with E-state index in [-0.39, 0.29) is 28.3 Å². The number of carbonyl (C=O) groups excluding carboxylic acids is 1. The molecule has 2 aliphatic rings. The largest absolute Gasteiger partial charge is 0.494 e. The van der Waals surface area contributed by atoms with E-state index in [1.165, 1.54) is 19.2 Å². The monoisotopic (exact) mass is 516 g/mol.